The van der Waals surface area contributed by atoms with E-state index in [9.17, 15) is 15.2 Å². The summed E-state index contributed by atoms with van der Waals surface area (Å²) >= 11 is 0. The highest BCUT2D eigenvalue weighted by atomic mass is 16.6. The Morgan fingerprint density at radius 2 is 2.28 bits per heavy atom. The van der Waals surface area contributed by atoms with Crippen molar-refractivity contribution in [2.24, 2.45) is 13.0 Å². The van der Waals surface area contributed by atoms with E-state index >= 15 is 0 Å². The van der Waals surface area contributed by atoms with E-state index in [1.165, 1.54) is 10.9 Å². The van der Waals surface area contributed by atoms with E-state index in [4.69, 9.17) is 0 Å². The monoisotopic (exact) mass is 256 g/mol. The van der Waals surface area contributed by atoms with Crippen molar-refractivity contribution in [3.05, 3.63) is 16.4 Å². The molecular formula is C11H20N4O3. The maximum absolute atomic E-state index is 10.8. The average Bonchev–Trinajstić information content (AvgIpc) is 2.55. The van der Waals surface area contributed by atoms with Crippen LogP contribution in [0.3, 0.4) is 0 Å². The van der Waals surface area contributed by atoms with Crippen LogP contribution in [0.25, 0.3) is 0 Å². The fourth-order valence-electron chi connectivity index (χ4n) is 1.98. The van der Waals surface area contributed by atoms with E-state index in [1.54, 1.807) is 14.0 Å². The number of hydrogen-bond donors (Lipinski definition) is 2. The molecular weight excluding hydrogens is 236 g/mol. The topological polar surface area (TPSA) is 93.2 Å². The highest BCUT2D eigenvalue weighted by Gasteiger charge is 2.25. The van der Waals surface area contributed by atoms with Gasteiger partial charge >= 0.3 is 5.82 Å². The van der Waals surface area contributed by atoms with Gasteiger partial charge in [-0.15, -0.1) is 0 Å². The minimum atomic E-state index is -0.910. The molecule has 0 saturated carbocycles. The molecule has 0 aliphatic carbocycles. The van der Waals surface area contributed by atoms with Gasteiger partial charge in [-0.05, 0) is 29.2 Å². The average molecular weight is 256 g/mol. The van der Waals surface area contributed by atoms with Gasteiger partial charge in [0.1, 0.15) is 0 Å². The Balaban J connectivity index is 2.74. The van der Waals surface area contributed by atoms with Crippen LogP contribution in [0, 0.1) is 16.0 Å². The lowest BCUT2D eigenvalue weighted by molar-refractivity contribution is -0.388. The Morgan fingerprint density at radius 1 is 1.67 bits per heavy atom. The summed E-state index contributed by atoms with van der Waals surface area (Å²) in [6.07, 6.45) is 1.99. The predicted octanol–water partition coefficient (Wildman–Crippen LogP) is 1.54. The smallest absolute Gasteiger partial charge is 0.388 e. The molecule has 0 bridgehead atoms. The first kappa shape index (κ1) is 14.4. The summed E-state index contributed by atoms with van der Waals surface area (Å²) in [6, 6.07) is 0. The van der Waals surface area contributed by atoms with Gasteiger partial charge in [-0.25, -0.2) is 0 Å². The van der Waals surface area contributed by atoms with E-state index in [1.807, 2.05) is 13.8 Å². The van der Waals surface area contributed by atoms with E-state index < -0.39 is 10.5 Å². The molecule has 0 aliphatic rings. The molecule has 0 aliphatic heterocycles. The van der Waals surface area contributed by atoms with Gasteiger partial charge in [0.15, 0.2) is 0 Å². The minimum absolute atomic E-state index is 0.224. The van der Waals surface area contributed by atoms with Crippen molar-refractivity contribution in [1.82, 2.24) is 9.55 Å². The van der Waals surface area contributed by atoms with E-state index in [-0.39, 0.29) is 12.4 Å². The number of aromatic nitrogens is 2. The van der Waals surface area contributed by atoms with Crippen molar-refractivity contribution in [3.63, 3.8) is 0 Å². The second kappa shape index (κ2) is 5.34. The summed E-state index contributed by atoms with van der Waals surface area (Å²) in [5, 5.41) is 23.8. The quantitative estimate of drug-likeness (QED) is 0.594. The number of nitrogens with zero attached hydrogens (tertiary/aromatic N) is 3. The standard InChI is InChI=1S/C11H20N4O3/c1-8(2)5-11(3,16)6-12-9-10(15(17)18)13-7-14(9)4/h7-8,12,16H,5-6H2,1-4H3. The van der Waals surface area contributed by atoms with Crippen LogP contribution in [0.4, 0.5) is 11.6 Å². The number of nitro groups is 1. The first-order valence-corrected chi connectivity index (χ1v) is 5.85. The Bertz CT molecular complexity index is 426. The molecule has 0 amide bonds. The number of rotatable bonds is 6. The third-order valence-corrected chi connectivity index (χ3v) is 2.58. The third-order valence-electron chi connectivity index (χ3n) is 2.58. The van der Waals surface area contributed by atoms with Crippen molar-refractivity contribution in [2.45, 2.75) is 32.8 Å². The molecule has 1 atom stereocenters. The third kappa shape index (κ3) is 3.69. The molecule has 1 unspecified atom stereocenters. The summed E-state index contributed by atoms with van der Waals surface area (Å²) in [4.78, 5) is 13.9. The number of hydrogen-bond acceptors (Lipinski definition) is 5. The first-order valence-electron chi connectivity index (χ1n) is 5.85. The lowest BCUT2D eigenvalue weighted by Gasteiger charge is -2.25. The normalized spacial score (nSPS) is 14.6. The fourth-order valence-corrected chi connectivity index (χ4v) is 1.98. The summed E-state index contributed by atoms with van der Waals surface area (Å²) in [6.45, 7) is 5.98. The molecule has 1 rings (SSSR count). The molecule has 0 saturated heterocycles. The molecule has 0 radical (unpaired) electrons. The summed E-state index contributed by atoms with van der Waals surface area (Å²) < 4.78 is 1.53. The van der Waals surface area contributed by atoms with Crippen LogP contribution in [0.2, 0.25) is 0 Å². The number of imidazole rings is 1. The van der Waals surface area contributed by atoms with Gasteiger partial charge in [-0.3, -0.25) is 4.57 Å². The Kier molecular flexibility index (Phi) is 4.28. The zero-order chi connectivity index (χ0) is 13.9. The molecule has 2 N–H and O–H groups in total. The van der Waals surface area contributed by atoms with Gasteiger partial charge < -0.3 is 20.5 Å². The largest absolute Gasteiger partial charge is 0.406 e. The van der Waals surface area contributed by atoms with Gasteiger partial charge in [0.25, 0.3) is 0 Å². The maximum atomic E-state index is 10.8. The summed E-state index contributed by atoms with van der Waals surface area (Å²) in [5.41, 5.74) is -0.910. The van der Waals surface area contributed by atoms with Crippen molar-refractivity contribution < 1.29 is 10.0 Å². The zero-order valence-corrected chi connectivity index (χ0v) is 11.2. The Labute approximate surface area is 106 Å². The Hall–Kier alpha value is -1.63. The molecule has 18 heavy (non-hydrogen) atoms. The molecule has 0 aromatic carbocycles. The van der Waals surface area contributed by atoms with Gasteiger partial charge in [0, 0.05) is 13.6 Å². The second-order valence-corrected chi connectivity index (χ2v) is 5.23. The van der Waals surface area contributed by atoms with Crippen molar-refractivity contribution in [1.29, 1.82) is 0 Å². The molecule has 1 aromatic rings. The molecule has 102 valence electrons. The van der Waals surface area contributed by atoms with E-state index in [0.29, 0.717) is 18.2 Å². The van der Waals surface area contributed by atoms with Crippen LogP contribution in [-0.4, -0.2) is 31.7 Å². The second-order valence-electron chi connectivity index (χ2n) is 5.23. The maximum Gasteiger partial charge on any atom is 0.406 e. The van der Waals surface area contributed by atoms with Gasteiger partial charge in [-0.1, -0.05) is 13.8 Å². The summed E-state index contributed by atoms with van der Waals surface area (Å²) in [7, 11) is 1.67. The number of aliphatic hydroxyl groups is 1. The minimum Gasteiger partial charge on any atom is -0.388 e. The van der Waals surface area contributed by atoms with Crippen LogP contribution in [-0.2, 0) is 7.05 Å². The molecule has 1 aromatic heterocycles. The van der Waals surface area contributed by atoms with E-state index in [0.717, 1.165) is 0 Å². The Morgan fingerprint density at radius 3 is 2.78 bits per heavy atom. The highest BCUT2D eigenvalue weighted by Crippen LogP contribution is 2.23. The van der Waals surface area contributed by atoms with Crippen LogP contribution in [0.5, 0.6) is 0 Å². The molecule has 0 spiro atoms. The molecule has 1 heterocycles. The van der Waals surface area contributed by atoms with Crippen LogP contribution < -0.4 is 5.32 Å². The number of anilines is 1. The summed E-state index contributed by atoms with van der Waals surface area (Å²) in [5.74, 6) is 0.435. The van der Waals surface area contributed by atoms with Gasteiger partial charge in [0.05, 0.1) is 5.60 Å². The predicted molar refractivity (Wildman–Crippen MR) is 68.4 cm³/mol. The van der Waals surface area contributed by atoms with Gasteiger partial charge in [-0.2, -0.15) is 0 Å². The molecule has 7 heteroatoms. The van der Waals surface area contributed by atoms with Crippen molar-refractivity contribution >= 4 is 11.6 Å². The number of aryl methyl sites for hydroxylation is 1. The lowest BCUT2D eigenvalue weighted by Crippen LogP contribution is -2.35. The lowest BCUT2D eigenvalue weighted by atomic mass is 9.94. The zero-order valence-electron chi connectivity index (χ0n) is 11.2. The van der Waals surface area contributed by atoms with Crippen LogP contribution in [0.15, 0.2) is 6.33 Å². The van der Waals surface area contributed by atoms with Crippen molar-refractivity contribution in [3.8, 4) is 0 Å². The molecule has 0 fully saturated rings. The first-order chi connectivity index (χ1) is 8.23. The SMILES string of the molecule is CC(C)CC(C)(O)CNc1c([N+](=O)[O-])ncn1C. The van der Waals surface area contributed by atoms with Crippen molar-refractivity contribution in [2.75, 3.05) is 11.9 Å². The van der Waals surface area contributed by atoms with E-state index in [2.05, 4.69) is 10.3 Å². The fraction of sp³-hybridized carbons (Fsp3) is 0.727. The van der Waals surface area contributed by atoms with Crippen LogP contribution >= 0.6 is 0 Å². The van der Waals surface area contributed by atoms with Crippen LogP contribution in [0.1, 0.15) is 27.2 Å². The number of nitrogens with one attached hydrogen (secondary N) is 1. The molecule has 7 nitrogen and oxygen atoms in total. The highest BCUT2D eigenvalue weighted by molar-refractivity contribution is 5.52. The van der Waals surface area contributed by atoms with Gasteiger partial charge in [0.2, 0.25) is 12.1 Å².